The predicted molar refractivity (Wildman–Crippen MR) is 129 cm³/mol. The first-order valence-corrected chi connectivity index (χ1v) is 10.6. The Balaban J connectivity index is 1.77. The molecule has 0 N–H and O–H groups in total. The summed E-state index contributed by atoms with van der Waals surface area (Å²) in [5.41, 5.74) is 2.18. The van der Waals surface area contributed by atoms with Crippen LogP contribution in [0.3, 0.4) is 0 Å². The monoisotopic (exact) mass is 444 g/mol. The van der Waals surface area contributed by atoms with Crippen molar-refractivity contribution in [3.8, 4) is 18.1 Å². The van der Waals surface area contributed by atoms with E-state index in [1.807, 2.05) is 60.7 Å². The third kappa shape index (κ3) is 4.83. The molecule has 0 aliphatic carbocycles. The highest BCUT2D eigenvalue weighted by atomic mass is 35.5. The van der Waals surface area contributed by atoms with Gasteiger partial charge in [0.05, 0.1) is 16.3 Å². The van der Waals surface area contributed by atoms with Crippen LogP contribution < -0.4 is 9.64 Å². The Hall–Kier alpha value is -3.46. The van der Waals surface area contributed by atoms with Gasteiger partial charge >= 0.3 is 0 Å². The highest BCUT2D eigenvalue weighted by Crippen LogP contribution is 2.38. The Kier molecular flexibility index (Phi) is 6.42. The highest BCUT2D eigenvalue weighted by molar-refractivity contribution is 8.19. The summed E-state index contributed by atoms with van der Waals surface area (Å²) in [5.74, 6) is 2.83. The Bertz CT molecular complexity index is 1200. The molecular formula is C25H17ClN2O2S. The molecule has 3 aromatic rings. The lowest BCUT2D eigenvalue weighted by Gasteiger charge is -2.15. The summed E-state index contributed by atoms with van der Waals surface area (Å²) >= 11 is 7.48. The van der Waals surface area contributed by atoms with E-state index in [0.717, 1.165) is 11.4 Å². The molecule has 152 valence electrons. The van der Waals surface area contributed by atoms with Crippen LogP contribution in [0, 0.1) is 12.3 Å². The number of terminal acetylenes is 1. The smallest absolute Gasteiger partial charge is 0.271 e. The second kappa shape index (κ2) is 9.57. The van der Waals surface area contributed by atoms with Crippen LogP contribution in [0.4, 0.5) is 11.4 Å². The van der Waals surface area contributed by atoms with E-state index < -0.39 is 0 Å². The molecule has 0 bridgehead atoms. The number of para-hydroxylation sites is 2. The molecule has 6 heteroatoms. The molecule has 31 heavy (non-hydrogen) atoms. The van der Waals surface area contributed by atoms with Crippen LogP contribution in [0.1, 0.15) is 5.56 Å². The first-order valence-electron chi connectivity index (χ1n) is 9.44. The van der Waals surface area contributed by atoms with Gasteiger partial charge in [0.1, 0.15) is 12.4 Å². The Morgan fingerprint density at radius 1 is 1.06 bits per heavy atom. The van der Waals surface area contributed by atoms with Crippen LogP contribution in [0.15, 0.2) is 88.8 Å². The van der Waals surface area contributed by atoms with Gasteiger partial charge in [-0.3, -0.25) is 9.69 Å². The zero-order valence-corrected chi connectivity index (χ0v) is 17.9. The summed E-state index contributed by atoms with van der Waals surface area (Å²) in [4.78, 5) is 20.2. The largest absolute Gasteiger partial charge is 0.480 e. The van der Waals surface area contributed by atoms with Crippen LogP contribution in [0.2, 0.25) is 5.02 Å². The number of hydrogen-bond donors (Lipinski definition) is 0. The van der Waals surface area contributed by atoms with Crippen LogP contribution in [-0.2, 0) is 4.79 Å². The summed E-state index contributed by atoms with van der Waals surface area (Å²) in [6, 6.07) is 24.2. The Labute approximate surface area is 190 Å². The molecule has 0 radical (unpaired) electrons. The van der Waals surface area contributed by atoms with Crippen LogP contribution in [-0.4, -0.2) is 17.7 Å². The normalized spacial score (nSPS) is 16.0. The van der Waals surface area contributed by atoms with Crippen molar-refractivity contribution in [2.24, 2.45) is 4.99 Å². The molecule has 0 saturated carbocycles. The average Bonchev–Trinajstić information content (AvgIpc) is 3.09. The zero-order valence-electron chi connectivity index (χ0n) is 16.4. The van der Waals surface area contributed by atoms with Gasteiger partial charge in [0.25, 0.3) is 5.91 Å². The molecule has 1 fully saturated rings. The number of benzene rings is 3. The van der Waals surface area contributed by atoms with Gasteiger partial charge in [-0.05, 0) is 60.3 Å². The predicted octanol–water partition coefficient (Wildman–Crippen LogP) is 6.16. The molecule has 4 rings (SSSR count). The first kappa shape index (κ1) is 20.8. The van der Waals surface area contributed by atoms with Crippen LogP contribution in [0.5, 0.6) is 5.75 Å². The van der Waals surface area contributed by atoms with E-state index in [1.165, 1.54) is 11.8 Å². The number of amidine groups is 1. The molecule has 1 aliphatic heterocycles. The second-order valence-corrected chi connectivity index (χ2v) is 7.94. The molecule has 0 aromatic heterocycles. The number of ether oxygens (including phenoxy) is 1. The maximum Gasteiger partial charge on any atom is 0.271 e. The molecule has 0 spiro atoms. The number of halogens is 1. The zero-order chi connectivity index (χ0) is 21.6. The molecule has 1 amide bonds. The maximum absolute atomic E-state index is 13.4. The summed E-state index contributed by atoms with van der Waals surface area (Å²) < 4.78 is 5.62. The van der Waals surface area contributed by atoms with Crippen molar-refractivity contribution in [3.63, 3.8) is 0 Å². The van der Waals surface area contributed by atoms with E-state index in [0.29, 0.717) is 26.4 Å². The van der Waals surface area contributed by atoms with E-state index in [2.05, 4.69) is 5.92 Å². The third-order valence-corrected chi connectivity index (χ3v) is 5.58. The van der Waals surface area contributed by atoms with Crippen molar-refractivity contribution in [2.75, 3.05) is 11.5 Å². The van der Waals surface area contributed by atoms with Gasteiger partial charge in [-0.15, -0.1) is 6.42 Å². The molecule has 1 saturated heterocycles. The topological polar surface area (TPSA) is 41.9 Å². The van der Waals surface area contributed by atoms with Gasteiger partial charge in [-0.25, -0.2) is 4.99 Å². The van der Waals surface area contributed by atoms with E-state index in [1.54, 1.807) is 29.2 Å². The minimum Gasteiger partial charge on any atom is -0.480 e. The summed E-state index contributed by atoms with van der Waals surface area (Å²) in [5, 5.41) is 1.11. The molecule has 1 aliphatic rings. The molecule has 4 nitrogen and oxygen atoms in total. The number of carbonyl (C=O) groups excluding carboxylic acids is 1. The molecular weight excluding hydrogens is 428 g/mol. The SMILES string of the molecule is C#CCOc1ccc(Cl)cc1/C=C1/SC(=Nc2ccccc2)N(c2ccccc2)C1=O. The van der Waals surface area contributed by atoms with Gasteiger partial charge in [-0.2, -0.15) is 0 Å². The van der Waals surface area contributed by atoms with E-state index in [4.69, 9.17) is 27.8 Å². The number of aliphatic imine (C=N–C) groups is 1. The number of nitrogens with zero attached hydrogens (tertiary/aromatic N) is 2. The number of carbonyl (C=O) groups is 1. The lowest BCUT2D eigenvalue weighted by molar-refractivity contribution is -0.113. The number of rotatable bonds is 5. The van der Waals surface area contributed by atoms with Crippen molar-refractivity contribution in [3.05, 3.63) is 94.4 Å². The minimum absolute atomic E-state index is 0.121. The Morgan fingerprint density at radius 2 is 1.77 bits per heavy atom. The van der Waals surface area contributed by atoms with Crippen molar-refractivity contribution in [1.82, 2.24) is 0 Å². The molecule has 0 atom stereocenters. The summed E-state index contributed by atoms with van der Waals surface area (Å²) in [7, 11) is 0. The van der Waals surface area contributed by atoms with E-state index in [-0.39, 0.29) is 12.5 Å². The van der Waals surface area contributed by atoms with Crippen molar-refractivity contribution in [2.45, 2.75) is 0 Å². The van der Waals surface area contributed by atoms with Crippen LogP contribution >= 0.6 is 23.4 Å². The van der Waals surface area contributed by atoms with Gasteiger partial charge < -0.3 is 4.74 Å². The van der Waals surface area contributed by atoms with E-state index in [9.17, 15) is 4.79 Å². The number of hydrogen-bond acceptors (Lipinski definition) is 4. The molecule has 0 unspecified atom stereocenters. The van der Waals surface area contributed by atoms with Crippen LogP contribution in [0.25, 0.3) is 6.08 Å². The first-order chi connectivity index (χ1) is 15.2. The quantitative estimate of drug-likeness (QED) is 0.349. The minimum atomic E-state index is -0.172. The number of amides is 1. The number of thioether (sulfide) groups is 1. The average molecular weight is 445 g/mol. The molecule has 1 heterocycles. The van der Waals surface area contributed by atoms with Gasteiger partial charge in [0.15, 0.2) is 5.17 Å². The highest BCUT2D eigenvalue weighted by Gasteiger charge is 2.34. The fourth-order valence-electron chi connectivity index (χ4n) is 2.99. The Morgan fingerprint density at radius 3 is 2.48 bits per heavy atom. The third-order valence-electron chi connectivity index (χ3n) is 4.37. The van der Waals surface area contributed by atoms with Crippen molar-refractivity contribution >= 4 is 51.9 Å². The van der Waals surface area contributed by atoms with Crippen molar-refractivity contribution in [1.29, 1.82) is 0 Å². The summed E-state index contributed by atoms with van der Waals surface area (Å²) in [6.07, 6.45) is 7.08. The fourth-order valence-corrected chi connectivity index (χ4v) is 4.16. The second-order valence-electron chi connectivity index (χ2n) is 6.49. The fraction of sp³-hybridized carbons (Fsp3) is 0.0400. The van der Waals surface area contributed by atoms with Gasteiger partial charge in [-0.1, -0.05) is 53.9 Å². The van der Waals surface area contributed by atoms with Crippen molar-refractivity contribution < 1.29 is 9.53 Å². The number of anilines is 1. The van der Waals surface area contributed by atoms with Gasteiger partial charge in [0, 0.05) is 10.6 Å². The maximum atomic E-state index is 13.4. The van der Waals surface area contributed by atoms with Gasteiger partial charge in [0.2, 0.25) is 0 Å². The summed E-state index contributed by atoms with van der Waals surface area (Å²) in [6.45, 7) is 0.121. The lowest BCUT2D eigenvalue weighted by atomic mass is 10.1. The standard InChI is InChI=1S/C25H17ClN2O2S/c1-2-15-30-22-14-13-19(26)16-18(22)17-23-24(29)28(21-11-7-4-8-12-21)25(31-23)27-20-9-5-3-6-10-20/h1,3-14,16-17H,15H2/b23-17+,27-25?. The lowest BCUT2D eigenvalue weighted by Crippen LogP contribution is -2.28. The van der Waals surface area contributed by atoms with E-state index >= 15 is 0 Å². The molecule has 3 aromatic carbocycles.